The molecule has 1 aliphatic heterocycles. The molecule has 0 aromatic heterocycles. The third-order valence-electron chi connectivity index (χ3n) is 6.09. The van der Waals surface area contributed by atoms with Crippen LogP contribution in [0.4, 0.5) is 0 Å². The van der Waals surface area contributed by atoms with E-state index in [0.717, 1.165) is 13.8 Å². The van der Waals surface area contributed by atoms with Gasteiger partial charge in [-0.05, 0) is 25.7 Å². The van der Waals surface area contributed by atoms with E-state index in [1.807, 2.05) is 0 Å². The number of hydrogen-bond donors (Lipinski definition) is 8. The first-order valence-electron chi connectivity index (χ1n) is 13.5. The first-order chi connectivity index (χ1) is 20.2. The second-order valence-corrected chi connectivity index (χ2v) is 9.61. The molecule has 1 saturated heterocycles. The molecule has 1 aliphatic rings. The van der Waals surface area contributed by atoms with Gasteiger partial charge in [-0.1, -0.05) is 0 Å². The van der Waals surface area contributed by atoms with Gasteiger partial charge in [0, 0.05) is 39.8 Å². The van der Waals surface area contributed by atoms with Crippen molar-refractivity contribution in [3.05, 3.63) is 0 Å². The first kappa shape index (κ1) is 36.7. The van der Waals surface area contributed by atoms with Crippen LogP contribution in [0, 0.1) is 0 Å². The van der Waals surface area contributed by atoms with Crippen molar-refractivity contribution in [2.75, 3.05) is 39.3 Å². The fourth-order valence-corrected chi connectivity index (χ4v) is 3.60. The minimum Gasteiger partial charge on any atom is -0.355 e. The monoisotopic (exact) mass is 616 g/mol. The molecule has 0 radical (unpaired) electrons. The number of nitrogens with zero attached hydrogens (tertiary/aromatic N) is 3. The lowest BCUT2D eigenvalue weighted by Gasteiger charge is -2.25. The van der Waals surface area contributed by atoms with Crippen LogP contribution in [-0.4, -0.2) is 129 Å². The van der Waals surface area contributed by atoms with Gasteiger partial charge in [0.25, 0.3) is 0 Å². The number of carbonyl (C=O) groups excluding carboxylic acids is 8. The maximum atomic E-state index is 13.2. The van der Waals surface area contributed by atoms with Gasteiger partial charge in [-0.25, -0.2) is 15.2 Å². The van der Waals surface area contributed by atoms with Crippen molar-refractivity contribution in [1.82, 2.24) is 41.8 Å². The molecule has 242 valence electrons. The molecule has 0 aromatic rings. The molecule has 19 nitrogen and oxygen atoms in total. The van der Waals surface area contributed by atoms with Crippen molar-refractivity contribution in [2.24, 2.45) is 0 Å². The van der Waals surface area contributed by atoms with Crippen LogP contribution in [0.5, 0.6) is 0 Å². The number of hydroxylamine groups is 6. The Labute approximate surface area is 247 Å². The lowest BCUT2D eigenvalue weighted by molar-refractivity contribution is -0.169. The quantitative estimate of drug-likeness (QED) is 0.0876. The lowest BCUT2D eigenvalue weighted by atomic mass is 10.1. The Hall–Kier alpha value is -4.36. The molecule has 1 rings (SSSR count). The zero-order chi connectivity index (χ0) is 32.5. The average molecular weight is 617 g/mol. The molecule has 8 N–H and O–H groups in total. The molecule has 0 aromatic carbocycles. The Morgan fingerprint density at radius 2 is 1.26 bits per heavy atom. The van der Waals surface area contributed by atoms with Crippen molar-refractivity contribution in [3.63, 3.8) is 0 Å². The molecule has 0 spiro atoms. The number of carbonyl (C=O) groups is 8. The highest BCUT2D eigenvalue weighted by Gasteiger charge is 2.29. The Balaban J connectivity index is 3.05. The summed E-state index contributed by atoms with van der Waals surface area (Å²) in [5, 5.41) is 42.2. The normalized spacial score (nSPS) is 19.0. The SMILES string of the molecule is CC(=O)N(O)CCCC(=O)N(O)CC[C@@H]1NC(=O)[C@H](CCN(O)C(C)=O)NC(=O)CNC(=O)CCCNC(=O)CNC1=O. The van der Waals surface area contributed by atoms with Gasteiger partial charge >= 0.3 is 0 Å². The summed E-state index contributed by atoms with van der Waals surface area (Å²) in [6.45, 7) is 0.285. The van der Waals surface area contributed by atoms with Crippen molar-refractivity contribution >= 4 is 47.3 Å². The molecule has 0 saturated carbocycles. The van der Waals surface area contributed by atoms with Gasteiger partial charge in [-0.15, -0.1) is 0 Å². The van der Waals surface area contributed by atoms with Crippen LogP contribution in [0.3, 0.4) is 0 Å². The topological polar surface area (TPSA) is 267 Å². The largest absolute Gasteiger partial charge is 0.355 e. The van der Waals surface area contributed by atoms with E-state index < -0.39 is 79.0 Å². The molecule has 2 atom stereocenters. The highest BCUT2D eigenvalue weighted by Crippen LogP contribution is 2.04. The molecule has 0 bridgehead atoms. The Kier molecular flexibility index (Phi) is 16.2. The first-order valence-corrected chi connectivity index (χ1v) is 13.5. The molecule has 43 heavy (non-hydrogen) atoms. The van der Waals surface area contributed by atoms with E-state index in [-0.39, 0.29) is 58.2 Å². The zero-order valence-corrected chi connectivity index (χ0v) is 24.1. The van der Waals surface area contributed by atoms with E-state index in [1.165, 1.54) is 0 Å². The molecule has 19 heteroatoms. The van der Waals surface area contributed by atoms with Crippen LogP contribution in [0.15, 0.2) is 0 Å². The Bertz CT molecular complexity index is 1040. The van der Waals surface area contributed by atoms with Gasteiger partial charge in [0.1, 0.15) is 12.1 Å². The summed E-state index contributed by atoms with van der Waals surface area (Å²) in [6, 6.07) is -2.83. The second kappa shape index (κ2) is 18.9. The standard InChI is InChI=1S/C24H40N8O11/c1-15(33)30(41)10-4-6-22(38)32(43)12-8-17-23(39)27-13-20(36)25-9-3-5-19(35)26-14-21(37)28-18(24(40)29-17)7-11-31(42)16(2)34/h17-18,41-43H,3-14H2,1-2H3,(H,25,36)(H,26,35)(H,27,39)(H,28,37)(H,29,40)/t17-,18-/m0/s1. The van der Waals surface area contributed by atoms with Crippen molar-refractivity contribution < 1.29 is 54.0 Å². The second-order valence-electron chi connectivity index (χ2n) is 9.61. The van der Waals surface area contributed by atoms with Gasteiger partial charge < -0.3 is 26.6 Å². The van der Waals surface area contributed by atoms with E-state index in [4.69, 9.17) is 0 Å². The maximum Gasteiger partial charge on any atom is 0.245 e. The van der Waals surface area contributed by atoms with E-state index >= 15 is 0 Å². The molecular weight excluding hydrogens is 576 g/mol. The van der Waals surface area contributed by atoms with E-state index in [0.29, 0.717) is 15.2 Å². The van der Waals surface area contributed by atoms with E-state index in [1.54, 1.807) is 0 Å². The van der Waals surface area contributed by atoms with Crippen molar-refractivity contribution in [3.8, 4) is 0 Å². The van der Waals surface area contributed by atoms with E-state index in [9.17, 15) is 54.0 Å². The van der Waals surface area contributed by atoms with Crippen LogP contribution >= 0.6 is 0 Å². The third-order valence-corrected chi connectivity index (χ3v) is 6.09. The van der Waals surface area contributed by atoms with Gasteiger partial charge in [-0.2, -0.15) is 0 Å². The van der Waals surface area contributed by atoms with E-state index in [2.05, 4.69) is 26.6 Å². The number of rotatable bonds is 10. The minimum atomic E-state index is -1.43. The summed E-state index contributed by atoms with van der Waals surface area (Å²) in [7, 11) is 0. The summed E-state index contributed by atoms with van der Waals surface area (Å²) in [4.78, 5) is 97.3. The highest BCUT2D eigenvalue weighted by atomic mass is 16.5. The maximum absolute atomic E-state index is 13.2. The predicted molar refractivity (Wildman–Crippen MR) is 142 cm³/mol. The van der Waals surface area contributed by atoms with Crippen molar-refractivity contribution in [2.45, 2.75) is 64.5 Å². The van der Waals surface area contributed by atoms with Gasteiger partial charge in [0.05, 0.1) is 26.2 Å². The van der Waals surface area contributed by atoms with Crippen LogP contribution in [0.25, 0.3) is 0 Å². The van der Waals surface area contributed by atoms with Crippen LogP contribution in [0.1, 0.15) is 52.4 Å². The Morgan fingerprint density at radius 1 is 0.698 bits per heavy atom. The fourth-order valence-electron chi connectivity index (χ4n) is 3.60. The van der Waals surface area contributed by atoms with Gasteiger partial charge in [0.2, 0.25) is 47.3 Å². The summed E-state index contributed by atoms with van der Waals surface area (Å²) in [5.41, 5.74) is 0. The molecule has 1 fully saturated rings. The molecule has 0 unspecified atom stereocenters. The van der Waals surface area contributed by atoms with Crippen molar-refractivity contribution in [1.29, 1.82) is 0 Å². The number of amides is 8. The summed E-state index contributed by atoms with van der Waals surface area (Å²) < 4.78 is 0. The summed E-state index contributed by atoms with van der Waals surface area (Å²) in [6.07, 6.45) is -0.673. The van der Waals surface area contributed by atoms with Crippen LogP contribution < -0.4 is 26.6 Å². The summed E-state index contributed by atoms with van der Waals surface area (Å²) >= 11 is 0. The van der Waals surface area contributed by atoms with Crippen LogP contribution in [0.2, 0.25) is 0 Å². The average Bonchev–Trinajstić information content (AvgIpc) is 2.95. The zero-order valence-electron chi connectivity index (χ0n) is 24.1. The predicted octanol–water partition coefficient (Wildman–Crippen LogP) is -3.65. The number of hydrogen-bond acceptors (Lipinski definition) is 11. The highest BCUT2D eigenvalue weighted by molar-refractivity contribution is 5.94. The fraction of sp³-hybridized carbons (Fsp3) is 0.667. The minimum absolute atomic E-state index is 0.0185. The number of nitrogens with one attached hydrogen (secondary N) is 5. The molecule has 0 aliphatic carbocycles. The lowest BCUT2D eigenvalue weighted by Crippen LogP contribution is -2.56. The van der Waals surface area contributed by atoms with Crippen LogP contribution in [-0.2, 0) is 38.4 Å². The van der Waals surface area contributed by atoms with Gasteiger partial charge in [0.15, 0.2) is 0 Å². The summed E-state index contributed by atoms with van der Waals surface area (Å²) in [5.74, 6) is -5.82. The molecular formula is C24H40N8O11. The third kappa shape index (κ3) is 14.9. The Morgan fingerprint density at radius 3 is 1.88 bits per heavy atom. The smallest absolute Gasteiger partial charge is 0.245 e. The molecule has 8 amide bonds. The van der Waals surface area contributed by atoms with Gasteiger partial charge in [-0.3, -0.25) is 54.0 Å². The molecule has 1 heterocycles.